The van der Waals surface area contributed by atoms with Gasteiger partial charge in [-0.2, -0.15) is 0 Å². The van der Waals surface area contributed by atoms with Crippen molar-refractivity contribution in [2.75, 3.05) is 0 Å². The van der Waals surface area contributed by atoms with E-state index in [0.29, 0.717) is 12.0 Å². The fourth-order valence-corrected chi connectivity index (χ4v) is 2.50. The maximum atomic E-state index is 11.2. The highest BCUT2D eigenvalue weighted by Gasteiger charge is 2.27. The molecule has 4 heteroatoms. The molecule has 0 fully saturated rings. The normalized spacial score (nSPS) is 24.8. The van der Waals surface area contributed by atoms with Crippen molar-refractivity contribution >= 4 is 15.6 Å². The van der Waals surface area contributed by atoms with Gasteiger partial charge in [-0.25, -0.2) is 8.42 Å². The van der Waals surface area contributed by atoms with E-state index in [4.69, 9.17) is 0 Å². The summed E-state index contributed by atoms with van der Waals surface area (Å²) in [7, 11) is -3.29. The number of carbonyl (C=O) groups is 1. The maximum absolute atomic E-state index is 11.2. The molecule has 2 rings (SSSR count). The summed E-state index contributed by atoms with van der Waals surface area (Å²) in [5.74, 6) is -0.121. The molecule has 2 aliphatic rings. The molecule has 0 atom stereocenters. The van der Waals surface area contributed by atoms with E-state index in [1.165, 1.54) is 12.2 Å². The van der Waals surface area contributed by atoms with Crippen molar-refractivity contribution in [3.05, 3.63) is 34.1 Å². The minimum Gasteiger partial charge on any atom is -0.294 e. The van der Waals surface area contributed by atoms with Crippen LogP contribution >= 0.6 is 0 Å². The van der Waals surface area contributed by atoms with Gasteiger partial charge >= 0.3 is 0 Å². The number of allylic oxidation sites excluding steroid dienone is 4. The highest BCUT2D eigenvalue weighted by Crippen LogP contribution is 2.28. The molecule has 0 unspecified atom stereocenters. The molecule has 0 aromatic heterocycles. The third-order valence-corrected chi connectivity index (χ3v) is 3.32. The summed E-state index contributed by atoms with van der Waals surface area (Å²) in [5.41, 5.74) is 0.331. The molecular formula is C8H6O3S. The number of hydrogen-bond acceptors (Lipinski definition) is 3. The van der Waals surface area contributed by atoms with Gasteiger partial charge in [-0.3, -0.25) is 4.79 Å². The van der Waals surface area contributed by atoms with Crippen molar-refractivity contribution in [3.63, 3.8) is 0 Å². The Morgan fingerprint density at radius 1 is 1.25 bits per heavy atom. The predicted octanol–water partition coefficient (Wildman–Crippen LogP) is 0.712. The third-order valence-electron chi connectivity index (χ3n) is 1.86. The molecule has 62 valence electrons. The van der Waals surface area contributed by atoms with Crippen LogP contribution in [0, 0.1) is 0 Å². The Hall–Kier alpha value is -1.16. The van der Waals surface area contributed by atoms with Gasteiger partial charge in [0.2, 0.25) is 9.84 Å². The van der Waals surface area contributed by atoms with Gasteiger partial charge < -0.3 is 0 Å². The van der Waals surface area contributed by atoms with Crippen molar-refractivity contribution in [2.24, 2.45) is 0 Å². The Kier molecular flexibility index (Phi) is 1.35. The van der Waals surface area contributed by atoms with E-state index < -0.39 is 9.84 Å². The molecule has 0 amide bonds. The van der Waals surface area contributed by atoms with E-state index in [1.54, 1.807) is 6.08 Å². The number of hydrogen-bond donors (Lipinski definition) is 0. The standard InChI is InChI=1S/C8H6O3S/c9-7-2-1-3-8-6(7)4-5-12(8,10)11/h1,3-5H,2H2. The highest BCUT2D eigenvalue weighted by atomic mass is 32.2. The number of ketones is 1. The van der Waals surface area contributed by atoms with Crippen molar-refractivity contribution in [1.29, 1.82) is 0 Å². The smallest absolute Gasteiger partial charge is 0.200 e. The molecular weight excluding hydrogens is 176 g/mol. The van der Waals surface area contributed by atoms with Gasteiger partial charge in [-0.05, 0) is 12.2 Å². The first kappa shape index (κ1) is 7.49. The summed E-state index contributed by atoms with van der Waals surface area (Å²) in [6.07, 6.45) is 4.74. The van der Waals surface area contributed by atoms with E-state index in [9.17, 15) is 13.2 Å². The fourth-order valence-electron chi connectivity index (χ4n) is 1.26. The molecule has 0 aromatic rings. The van der Waals surface area contributed by atoms with E-state index in [1.807, 2.05) is 0 Å². The van der Waals surface area contributed by atoms with E-state index in [2.05, 4.69) is 0 Å². The van der Waals surface area contributed by atoms with E-state index in [0.717, 1.165) is 5.41 Å². The average molecular weight is 182 g/mol. The lowest BCUT2D eigenvalue weighted by Gasteiger charge is -2.04. The molecule has 0 saturated carbocycles. The Morgan fingerprint density at radius 3 is 2.67 bits per heavy atom. The molecule has 1 aliphatic carbocycles. The third kappa shape index (κ3) is 0.881. The van der Waals surface area contributed by atoms with Crippen molar-refractivity contribution in [2.45, 2.75) is 6.42 Å². The van der Waals surface area contributed by atoms with E-state index in [-0.39, 0.29) is 10.7 Å². The largest absolute Gasteiger partial charge is 0.294 e. The molecule has 12 heavy (non-hydrogen) atoms. The highest BCUT2D eigenvalue weighted by molar-refractivity contribution is 7.98. The summed E-state index contributed by atoms with van der Waals surface area (Å²) in [6.45, 7) is 0. The van der Waals surface area contributed by atoms with Crippen LogP contribution in [0.3, 0.4) is 0 Å². The van der Waals surface area contributed by atoms with Gasteiger partial charge in [0.25, 0.3) is 0 Å². The molecule has 1 aliphatic heterocycles. The van der Waals surface area contributed by atoms with Gasteiger partial charge in [-0.15, -0.1) is 0 Å². The molecule has 0 saturated heterocycles. The lowest BCUT2D eigenvalue weighted by Crippen LogP contribution is -2.06. The predicted molar refractivity (Wildman–Crippen MR) is 43.8 cm³/mol. The van der Waals surface area contributed by atoms with Crippen LogP contribution in [-0.4, -0.2) is 14.2 Å². The minimum atomic E-state index is -3.29. The zero-order valence-electron chi connectivity index (χ0n) is 6.15. The zero-order valence-corrected chi connectivity index (χ0v) is 6.97. The Bertz CT molecular complexity index is 435. The SMILES string of the molecule is O=C1CC=CC2=C1C=CS2(=O)=O. The molecule has 1 heterocycles. The topological polar surface area (TPSA) is 51.2 Å². The molecule has 3 nitrogen and oxygen atoms in total. The van der Waals surface area contributed by atoms with Crippen molar-refractivity contribution < 1.29 is 13.2 Å². The second-order valence-electron chi connectivity index (χ2n) is 2.66. The Balaban J connectivity index is 2.69. The first-order valence-corrected chi connectivity index (χ1v) is 5.03. The van der Waals surface area contributed by atoms with Crippen LogP contribution in [0.25, 0.3) is 0 Å². The molecule has 0 radical (unpaired) electrons. The fraction of sp³-hybridized carbons (Fsp3) is 0.125. The van der Waals surface area contributed by atoms with Crippen LogP contribution < -0.4 is 0 Å². The van der Waals surface area contributed by atoms with Gasteiger partial charge in [0.1, 0.15) is 0 Å². The van der Waals surface area contributed by atoms with Crippen molar-refractivity contribution in [1.82, 2.24) is 0 Å². The first-order valence-electron chi connectivity index (χ1n) is 3.48. The quantitative estimate of drug-likeness (QED) is 0.554. The molecule has 0 spiro atoms. The zero-order chi connectivity index (χ0) is 8.77. The summed E-state index contributed by atoms with van der Waals surface area (Å²) in [4.78, 5) is 11.3. The Morgan fingerprint density at radius 2 is 2.00 bits per heavy atom. The molecule has 0 aromatic carbocycles. The second-order valence-corrected chi connectivity index (χ2v) is 4.46. The van der Waals surface area contributed by atoms with Crippen LogP contribution in [-0.2, 0) is 14.6 Å². The van der Waals surface area contributed by atoms with E-state index >= 15 is 0 Å². The Labute approximate surface area is 70.0 Å². The summed E-state index contributed by atoms with van der Waals surface area (Å²) in [6, 6.07) is 0. The minimum absolute atomic E-state index is 0.121. The second kappa shape index (κ2) is 2.17. The van der Waals surface area contributed by atoms with Crippen LogP contribution in [0.15, 0.2) is 34.1 Å². The lowest BCUT2D eigenvalue weighted by molar-refractivity contribution is -0.114. The maximum Gasteiger partial charge on any atom is 0.200 e. The summed E-state index contributed by atoms with van der Waals surface area (Å²) >= 11 is 0. The number of rotatable bonds is 0. The number of sulfone groups is 1. The van der Waals surface area contributed by atoms with Crippen LogP contribution in [0.2, 0.25) is 0 Å². The number of carbonyl (C=O) groups excluding carboxylic acids is 1. The van der Waals surface area contributed by atoms with Crippen LogP contribution in [0.1, 0.15) is 6.42 Å². The molecule has 0 bridgehead atoms. The average Bonchev–Trinajstić information content (AvgIpc) is 2.30. The lowest BCUT2D eigenvalue weighted by atomic mass is 10.0. The summed E-state index contributed by atoms with van der Waals surface area (Å²) in [5, 5.41) is 1.07. The van der Waals surface area contributed by atoms with Gasteiger partial charge in [-0.1, -0.05) is 6.08 Å². The van der Waals surface area contributed by atoms with Gasteiger partial charge in [0.05, 0.1) is 4.91 Å². The van der Waals surface area contributed by atoms with Crippen LogP contribution in [0.4, 0.5) is 0 Å². The van der Waals surface area contributed by atoms with Crippen molar-refractivity contribution in [3.8, 4) is 0 Å². The summed E-state index contributed by atoms with van der Waals surface area (Å²) < 4.78 is 22.4. The first-order chi connectivity index (χ1) is 5.61. The van der Waals surface area contributed by atoms with Gasteiger partial charge in [0.15, 0.2) is 5.78 Å². The monoisotopic (exact) mass is 182 g/mol. The number of Topliss-reactive ketones (excluding diaryl/α,β-unsaturated/α-hetero) is 1. The van der Waals surface area contributed by atoms with Crippen LogP contribution in [0.5, 0.6) is 0 Å². The van der Waals surface area contributed by atoms with Gasteiger partial charge in [0, 0.05) is 17.4 Å². The molecule has 0 N–H and O–H groups in total.